The summed E-state index contributed by atoms with van der Waals surface area (Å²) in [7, 11) is 0. The average Bonchev–Trinajstić information content (AvgIpc) is 3.00. The molecule has 0 saturated carbocycles. The molecule has 0 bridgehead atoms. The number of nitrogens with zero attached hydrogens (tertiary/aromatic N) is 2. The normalized spacial score (nSPS) is 14.6. The standard InChI is InChI=1S/C20H16ClN3O2/c1-12(25)22-16-5-2-13(3-6-16)10-14-8-9-24-19(14)23-18-7-4-15(21)11-17(18)20(24)26/h2-7,10-11H,8-9H2,1H3,(H,22,25). The molecule has 3 aromatic rings. The second kappa shape index (κ2) is 6.42. The number of rotatable bonds is 2. The molecule has 2 aromatic carbocycles. The predicted octanol–water partition coefficient (Wildman–Crippen LogP) is 3.95. The minimum Gasteiger partial charge on any atom is -0.326 e. The van der Waals surface area contributed by atoms with Gasteiger partial charge in [0.25, 0.3) is 5.56 Å². The van der Waals surface area contributed by atoms with Crippen molar-refractivity contribution in [1.29, 1.82) is 0 Å². The zero-order valence-corrected chi connectivity index (χ0v) is 14.9. The van der Waals surface area contributed by atoms with Crippen molar-refractivity contribution in [2.75, 3.05) is 5.32 Å². The second-order valence-corrected chi connectivity index (χ2v) is 6.71. The fourth-order valence-electron chi connectivity index (χ4n) is 3.19. The lowest BCUT2D eigenvalue weighted by molar-refractivity contribution is -0.114. The molecule has 0 radical (unpaired) electrons. The number of aromatic nitrogens is 2. The number of benzene rings is 2. The van der Waals surface area contributed by atoms with Crippen molar-refractivity contribution < 1.29 is 4.79 Å². The smallest absolute Gasteiger partial charge is 0.261 e. The minimum atomic E-state index is -0.101. The van der Waals surface area contributed by atoms with Crippen LogP contribution < -0.4 is 10.9 Å². The summed E-state index contributed by atoms with van der Waals surface area (Å²) in [5.74, 6) is 0.604. The first-order chi connectivity index (χ1) is 12.5. The van der Waals surface area contributed by atoms with Gasteiger partial charge in [-0.05, 0) is 54.0 Å². The zero-order valence-electron chi connectivity index (χ0n) is 14.1. The lowest BCUT2D eigenvalue weighted by Gasteiger charge is -2.06. The topological polar surface area (TPSA) is 64.0 Å². The lowest BCUT2D eigenvalue weighted by atomic mass is 10.1. The van der Waals surface area contributed by atoms with Gasteiger partial charge in [0.15, 0.2) is 0 Å². The lowest BCUT2D eigenvalue weighted by Crippen LogP contribution is -2.20. The number of hydrogen-bond acceptors (Lipinski definition) is 3. The van der Waals surface area contributed by atoms with Gasteiger partial charge < -0.3 is 5.32 Å². The van der Waals surface area contributed by atoms with Gasteiger partial charge in [0.2, 0.25) is 5.91 Å². The molecule has 1 aliphatic rings. The molecular formula is C20H16ClN3O2. The number of nitrogens with one attached hydrogen (secondary N) is 1. The summed E-state index contributed by atoms with van der Waals surface area (Å²) in [6, 6.07) is 12.8. The van der Waals surface area contributed by atoms with E-state index in [0.29, 0.717) is 28.3 Å². The van der Waals surface area contributed by atoms with Crippen LogP contribution in [0.4, 0.5) is 5.69 Å². The summed E-state index contributed by atoms with van der Waals surface area (Å²) in [6.07, 6.45) is 2.78. The molecule has 0 fully saturated rings. The van der Waals surface area contributed by atoms with E-state index in [4.69, 9.17) is 11.6 Å². The van der Waals surface area contributed by atoms with E-state index < -0.39 is 0 Å². The number of amides is 1. The van der Waals surface area contributed by atoms with Crippen molar-refractivity contribution >= 4 is 45.7 Å². The van der Waals surface area contributed by atoms with Crippen molar-refractivity contribution in [3.05, 3.63) is 69.2 Å². The number of carbonyl (C=O) groups excluding carboxylic acids is 1. The molecule has 0 aliphatic carbocycles. The van der Waals surface area contributed by atoms with Crippen LogP contribution in [0.1, 0.15) is 24.7 Å². The second-order valence-electron chi connectivity index (χ2n) is 6.28. The van der Waals surface area contributed by atoms with Crippen molar-refractivity contribution in [3.8, 4) is 0 Å². The molecule has 1 N–H and O–H groups in total. The summed E-state index contributed by atoms with van der Waals surface area (Å²) in [6.45, 7) is 2.09. The van der Waals surface area contributed by atoms with Crippen molar-refractivity contribution in [3.63, 3.8) is 0 Å². The van der Waals surface area contributed by atoms with E-state index in [1.54, 1.807) is 22.8 Å². The van der Waals surface area contributed by atoms with Crippen LogP contribution in [-0.4, -0.2) is 15.5 Å². The highest BCUT2D eigenvalue weighted by atomic mass is 35.5. The third kappa shape index (κ3) is 3.02. The summed E-state index contributed by atoms with van der Waals surface area (Å²) in [5.41, 5.74) is 3.36. The van der Waals surface area contributed by atoms with Gasteiger partial charge in [-0.15, -0.1) is 0 Å². The Morgan fingerprint density at radius 3 is 2.73 bits per heavy atom. The first kappa shape index (κ1) is 16.5. The predicted molar refractivity (Wildman–Crippen MR) is 104 cm³/mol. The van der Waals surface area contributed by atoms with E-state index in [0.717, 1.165) is 23.2 Å². The Labute approximate surface area is 154 Å². The Balaban J connectivity index is 1.74. The number of hydrogen-bond donors (Lipinski definition) is 1. The highest BCUT2D eigenvalue weighted by molar-refractivity contribution is 6.31. The molecule has 130 valence electrons. The van der Waals surface area contributed by atoms with Crippen LogP contribution in [0.25, 0.3) is 22.6 Å². The molecule has 0 unspecified atom stereocenters. The van der Waals surface area contributed by atoms with E-state index in [2.05, 4.69) is 10.3 Å². The molecule has 6 heteroatoms. The van der Waals surface area contributed by atoms with E-state index in [1.807, 2.05) is 30.3 Å². The molecule has 0 spiro atoms. The monoisotopic (exact) mass is 365 g/mol. The number of anilines is 1. The van der Waals surface area contributed by atoms with Crippen LogP contribution in [0.2, 0.25) is 5.02 Å². The summed E-state index contributed by atoms with van der Waals surface area (Å²) < 4.78 is 1.70. The van der Waals surface area contributed by atoms with Gasteiger partial charge in [-0.3, -0.25) is 14.2 Å². The van der Waals surface area contributed by atoms with E-state index in [-0.39, 0.29) is 11.5 Å². The Morgan fingerprint density at radius 1 is 1.23 bits per heavy atom. The van der Waals surface area contributed by atoms with E-state index in [9.17, 15) is 9.59 Å². The Morgan fingerprint density at radius 2 is 2.00 bits per heavy atom. The van der Waals surface area contributed by atoms with Gasteiger partial charge in [0, 0.05) is 24.2 Å². The maximum absolute atomic E-state index is 12.7. The highest BCUT2D eigenvalue weighted by Crippen LogP contribution is 2.28. The maximum atomic E-state index is 12.7. The van der Waals surface area contributed by atoms with Gasteiger partial charge in [0.05, 0.1) is 10.9 Å². The zero-order chi connectivity index (χ0) is 18.3. The van der Waals surface area contributed by atoms with Crippen LogP contribution in [0.3, 0.4) is 0 Å². The largest absolute Gasteiger partial charge is 0.326 e. The van der Waals surface area contributed by atoms with Crippen LogP contribution >= 0.6 is 11.6 Å². The molecule has 26 heavy (non-hydrogen) atoms. The summed E-state index contributed by atoms with van der Waals surface area (Å²) >= 11 is 6.01. The van der Waals surface area contributed by atoms with Crippen LogP contribution in [0, 0.1) is 0 Å². The quantitative estimate of drug-likeness (QED) is 0.747. The van der Waals surface area contributed by atoms with Gasteiger partial charge in [0.1, 0.15) is 5.82 Å². The van der Waals surface area contributed by atoms with E-state index >= 15 is 0 Å². The molecule has 1 amide bonds. The molecular weight excluding hydrogens is 350 g/mol. The molecule has 4 rings (SSSR count). The third-order valence-corrected chi connectivity index (χ3v) is 4.62. The van der Waals surface area contributed by atoms with Gasteiger partial charge >= 0.3 is 0 Å². The van der Waals surface area contributed by atoms with Crippen LogP contribution in [0.5, 0.6) is 0 Å². The van der Waals surface area contributed by atoms with Crippen molar-refractivity contribution in [2.45, 2.75) is 19.9 Å². The van der Waals surface area contributed by atoms with E-state index in [1.165, 1.54) is 6.92 Å². The molecule has 0 atom stereocenters. The fourth-order valence-corrected chi connectivity index (χ4v) is 3.37. The number of fused-ring (bicyclic) bond motifs is 2. The number of carbonyl (C=O) groups is 1. The van der Waals surface area contributed by atoms with Crippen molar-refractivity contribution in [2.24, 2.45) is 0 Å². The van der Waals surface area contributed by atoms with Gasteiger partial charge in [-0.1, -0.05) is 23.7 Å². The molecule has 2 heterocycles. The number of allylic oxidation sites excluding steroid dienone is 1. The molecule has 5 nitrogen and oxygen atoms in total. The molecule has 0 saturated heterocycles. The molecule has 1 aromatic heterocycles. The van der Waals surface area contributed by atoms with Crippen LogP contribution in [-0.2, 0) is 11.3 Å². The number of halogens is 1. The average molecular weight is 366 g/mol. The SMILES string of the molecule is CC(=O)Nc1ccc(C=C2CCn3c2nc2ccc(Cl)cc2c3=O)cc1. The summed E-state index contributed by atoms with van der Waals surface area (Å²) in [4.78, 5) is 28.5. The van der Waals surface area contributed by atoms with Crippen LogP contribution in [0.15, 0.2) is 47.3 Å². The Hall–Kier alpha value is -2.92. The Bertz CT molecular complexity index is 1110. The van der Waals surface area contributed by atoms with Crippen molar-refractivity contribution in [1.82, 2.24) is 9.55 Å². The third-order valence-electron chi connectivity index (χ3n) is 4.38. The highest BCUT2D eigenvalue weighted by Gasteiger charge is 2.20. The first-order valence-corrected chi connectivity index (χ1v) is 8.68. The Kier molecular flexibility index (Phi) is 4.09. The molecule has 1 aliphatic heterocycles. The summed E-state index contributed by atoms with van der Waals surface area (Å²) in [5, 5.41) is 3.82. The minimum absolute atomic E-state index is 0.0584. The van der Waals surface area contributed by atoms with Gasteiger partial charge in [-0.25, -0.2) is 4.98 Å². The maximum Gasteiger partial charge on any atom is 0.261 e. The van der Waals surface area contributed by atoms with Gasteiger partial charge in [-0.2, -0.15) is 0 Å². The fraction of sp³-hybridized carbons (Fsp3) is 0.150. The first-order valence-electron chi connectivity index (χ1n) is 8.30.